The summed E-state index contributed by atoms with van der Waals surface area (Å²) in [5, 5.41) is 3.51. The minimum absolute atomic E-state index is 0.0403. The lowest BCUT2D eigenvalue weighted by Gasteiger charge is -2.38. The van der Waals surface area contributed by atoms with Gasteiger partial charge in [0.05, 0.1) is 22.5 Å². The highest BCUT2D eigenvalue weighted by Crippen LogP contribution is 2.49. The SMILES string of the molecule is O=C(CCN1C(=O)[C@H]2[C@H](C1=O)[C@H]1C=C[C@H]2CC1)Nc1ccc(Cl)cc1Cl. The third kappa shape index (κ3) is 2.93. The number of benzene rings is 1. The lowest BCUT2D eigenvalue weighted by molar-refractivity contribution is -0.140. The van der Waals surface area contributed by atoms with Crippen molar-refractivity contribution in [2.24, 2.45) is 23.7 Å². The molecule has 5 rings (SSSR count). The second-order valence-corrected chi connectivity index (χ2v) is 7.94. The average molecular weight is 393 g/mol. The zero-order chi connectivity index (χ0) is 18.4. The predicted octanol–water partition coefficient (Wildman–Crippen LogP) is 3.52. The normalized spacial score (nSPS) is 29.2. The van der Waals surface area contributed by atoms with E-state index in [1.165, 1.54) is 4.90 Å². The van der Waals surface area contributed by atoms with Crippen LogP contribution in [0.25, 0.3) is 0 Å². The summed E-state index contributed by atoms with van der Waals surface area (Å²) < 4.78 is 0. The lowest BCUT2D eigenvalue weighted by atomic mass is 9.63. The first-order chi connectivity index (χ1) is 12.5. The molecule has 1 aromatic carbocycles. The Labute approximate surface area is 161 Å². The van der Waals surface area contributed by atoms with Gasteiger partial charge in [-0.15, -0.1) is 0 Å². The van der Waals surface area contributed by atoms with Crippen LogP contribution in [0.2, 0.25) is 10.0 Å². The van der Waals surface area contributed by atoms with E-state index in [9.17, 15) is 14.4 Å². The molecule has 4 aliphatic rings. The van der Waals surface area contributed by atoms with E-state index in [2.05, 4.69) is 17.5 Å². The zero-order valence-electron chi connectivity index (χ0n) is 14.0. The van der Waals surface area contributed by atoms with Gasteiger partial charge < -0.3 is 5.32 Å². The van der Waals surface area contributed by atoms with Gasteiger partial charge in [0.2, 0.25) is 17.7 Å². The molecule has 4 atom stereocenters. The van der Waals surface area contributed by atoms with Crippen molar-refractivity contribution in [2.45, 2.75) is 19.3 Å². The molecule has 7 heteroatoms. The van der Waals surface area contributed by atoms with Gasteiger partial charge in [-0.05, 0) is 42.9 Å². The van der Waals surface area contributed by atoms with Gasteiger partial charge in [-0.3, -0.25) is 19.3 Å². The van der Waals surface area contributed by atoms with Gasteiger partial charge in [-0.2, -0.15) is 0 Å². The fourth-order valence-electron chi connectivity index (χ4n) is 4.37. The second kappa shape index (κ2) is 6.71. The van der Waals surface area contributed by atoms with Crippen molar-refractivity contribution in [3.63, 3.8) is 0 Å². The van der Waals surface area contributed by atoms with Crippen molar-refractivity contribution < 1.29 is 14.4 Å². The quantitative estimate of drug-likeness (QED) is 0.629. The van der Waals surface area contributed by atoms with E-state index in [1.54, 1.807) is 18.2 Å². The molecule has 0 radical (unpaired) electrons. The molecule has 1 saturated carbocycles. The standard InChI is InChI=1S/C19H18Cl2N2O3/c20-12-5-6-14(13(21)9-12)22-15(24)7-8-23-18(25)16-10-1-2-11(4-3-10)17(16)19(23)26/h1-2,5-6,9-11,16-17H,3-4,7-8H2,(H,22,24)/t10-,11-,16+,17+/m0/s1. The smallest absolute Gasteiger partial charge is 0.233 e. The van der Waals surface area contributed by atoms with E-state index in [1.807, 2.05) is 0 Å². The van der Waals surface area contributed by atoms with E-state index >= 15 is 0 Å². The molecule has 1 N–H and O–H groups in total. The Balaban J connectivity index is 1.40. The molecule has 26 heavy (non-hydrogen) atoms. The van der Waals surface area contributed by atoms with Crippen LogP contribution in [-0.2, 0) is 14.4 Å². The molecule has 136 valence electrons. The van der Waals surface area contributed by atoms with Gasteiger partial charge in [0.15, 0.2) is 0 Å². The number of carbonyl (C=O) groups is 3. The molecule has 3 amide bonds. The molecule has 2 bridgehead atoms. The van der Waals surface area contributed by atoms with Crippen LogP contribution in [0.4, 0.5) is 5.69 Å². The Hall–Kier alpha value is -1.85. The van der Waals surface area contributed by atoms with Gasteiger partial charge in [0, 0.05) is 18.0 Å². The zero-order valence-corrected chi connectivity index (χ0v) is 15.5. The fraction of sp³-hybridized carbons (Fsp3) is 0.421. The highest BCUT2D eigenvalue weighted by molar-refractivity contribution is 6.36. The summed E-state index contributed by atoms with van der Waals surface area (Å²) in [4.78, 5) is 38.9. The number of hydrogen-bond donors (Lipinski definition) is 1. The van der Waals surface area contributed by atoms with E-state index in [-0.39, 0.29) is 54.4 Å². The molecular weight excluding hydrogens is 375 g/mol. The summed E-state index contributed by atoms with van der Waals surface area (Å²) >= 11 is 11.9. The van der Waals surface area contributed by atoms with Gasteiger partial charge in [0.1, 0.15) is 0 Å². The molecule has 3 aliphatic carbocycles. The minimum atomic E-state index is -0.300. The van der Waals surface area contributed by atoms with E-state index in [0.29, 0.717) is 15.7 Å². The topological polar surface area (TPSA) is 66.5 Å². The Morgan fingerprint density at radius 3 is 2.23 bits per heavy atom. The number of likely N-dealkylation sites (tertiary alicyclic amines) is 1. The predicted molar refractivity (Wildman–Crippen MR) is 98.8 cm³/mol. The highest BCUT2D eigenvalue weighted by atomic mass is 35.5. The third-order valence-electron chi connectivity index (χ3n) is 5.62. The molecule has 1 aromatic rings. The van der Waals surface area contributed by atoms with Crippen molar-refractivity contribution >= 4 is 46.6 Å². The van der Waals surface area contributed by atoms with E-state index in [0.717, 1.165) is 12.8 Å². The Kier molecular flexibility index (Phi) is 4.53. The van der Waals surface area contributed by atoms with Gasteiger partial charge in [-0.1, -0.05) is 35.4 Å². The first-order valence-electron chi connectivity index (χ1n) is 8.74. The number of rotatable bonds is 4. The number of fused-ring (bicyclic) bond motifs is 1. The summed E-state index contributed by atoms with van der Waals surface area (Å²) in [5.74, 6) is -0.708. The largest absolute Gasteiger partial charge is 0.325 e. The Morgan fingerprint density at radius 2 is 1.69 bits per heavy atom. The average Bonchev–Trinajstić information content (AvgIpc) is 2.90. The molecule has 1 heterocycles. The first-order valence-corrected chi connectivity index (χ1v) is 9.50. The number of hydrogen-bond acceptors (Lipinski definition) is 3. The van der Waals surface area contributed by atoms with Crippen molar-refractivity contribution in [1.29, 1.82) is 0 Å². The van der Waals surface area contributed by atoms with Gasteiger partial charge in [-0.25, -0.2) is 0 Å². The summed E-state index contributed by atoms with van der Waals surface area (Å²) in [6, 6.07) is 4.79. The van der Waals surface area contributed by atoms with Crippen LogP contribution < -0.4 is 5.32 Å². The molecule has 1 aliphatic heterocycles. The Bertz CT molecular complexity index is 791. The highest BCUT2D eigenvalue weighted by Gasteiger charge is 2.56. The maximum Gasteiger partial charge on any atom is 0.233 e. The lowest BCUT2D eigenvalue weighted by Crippen LogP contribution is -2.38. The van der Waals surface area contributed by atoms with Crippen LogP contribution in [0.15, 0.2) is 30.4 Å². The fourth-order valence-corrected chi connectivity index (χ4v) is 4.83. The van der Waals surface area contributed by atoms with Crippen LogP contribution >= 0.6 is 23.2 Å². The monoisotopic (exact) mass is 392 g/mol. The summed E-state index contributed by atoms with van der Waals surface area (Å²) in [6.07, 6.45) is 6.13. The molecule has 0 unspecified atom stereocenters. The number of nitrogens with zero attached hydrogens (tertiary/aromatic N) is 1. The number of amides is 3. The van der Waals surface area contributed by atoms with Crippen LogP contribution in [-0.4, -0.2) is 29.2 Å². The van der Waals surface area contributed by atoms with Crippen LogP contribution in [0, 0.1) is 23.7 Å². The number of nitrogens with one attached hydrogen (secondary N) is 1. The van der Waals surface area contributed by atoms with E-state index < -0.39 is 0 Å². The second-order valence-electron chi connectivity index (χ2n) is 7.09. The molecule has 5 nitrogen and oxygen atoms in total. The number of allylic oxidation sites excluding steroid dienone is 2. The molecule has 0 spiro atoms. The number of carbonyl (C=O) groups excluding carboxylic acids is 3. The molecule has 2 fully saturated rings. The van der Waals surface area contributed by atoms with Crippen LogP contribution in [0.1, 0.15) is 19.3 Å². The number of halogens is 2. The number of anilines is 1. The van der Waals surface area contributed by atoms with Gasteiger partial charge in [0.25, 0.3) is 0 Å². The maximum absolute atomic E-state index is 12.7. The summed E-state index contributed by atoms with van der Waals surface area (Å²) in [5.41, 5.74) is 0.455. The Morgan fingerprint density at radius 1 is 1.08 bits per heavy atom. The van der Waals surface area contributed by atoms with Crippen molar-refractivity contribution in [3.8, 4) is 0 Å². The molecule has 0 aromatic heterocycles. The van der Waals surface area contributed by atoms with E-state index in [4.69, 9.17) is 23.2 Å². The van der Waals surface area contributed by atoms with Crippen LogP contribution in [0.5, 0.6) is 0 Å². The summed E-state index contributed by atoms with van der Waals surface area (Å²) in [7, 11) is 0. The molecule has 1 saturated heterocycles. The van der Waals surface area contributed by atoms with Crippen molar-refractivity contribution in [2.75, 3.05) is 11.9 Å². The number of imide groups is 1. The van der Waals surface area contributed by atoms with Crippen molar-refractivity contribution in [1.82, 2.24) is 4.90 Å². The van der Waals surface area contributed by atoms with Crippen LogP contribution in [0.3, 0.4) is 0 Å². The third-order valence-corrected chi connectivity index (χ3v) is 6.17. The first kappa shape index (κ1) is 17.6. The molecular formula is C19H18Cl2N2O3. The maximum atomic E-state index is 12.7. The van der Waals surface area contributed by atoms with Crippen molar-refractivity contribution in [3.05, 3.63) is 40.4 Å². The summed E-state index contributed by atoms with van der Waals surface area (Å²) in [6.45, 7) is 0.0984. The minimum Gasteiger partial charge on any atom is -0.325 e. The van der Waals surface area contributed by atoms with Gasteiger partial charge >= 0.3 is 0 Å².